The Morgan fingerprint density at radius 2 is 1.74 bits per heavy atom. The van der Waals surface area contributed by atoms with Crippen molar-refractivity contribution in [2.24, 2.45) is 0 Å². The molecule has 3 amide bonds. The maximum Gasteiger partial charge on any atom is 0.258 e. The third-order valence-electron chi connectivity index (χ3n) is 6.42. The summed E-state index contributed by atoms with van der Waals surface area (Å²) in [6.45, 7) is 5.09. The van der Waals surface area contributed by atoms with E-state index in [4.69, 9.17) is 0 Å². The number of carbonyl (C=O) groups excluding carboxylic acids is 3. The SMILES string of the molecule is CCNC(=O)[C@H](C)N(CCc1ccccc1)C(=O)CCCN1C(=O)c2cccc3cccc1c23. The standard InChI is InChI=1S/C28H31N3O3/c1-3-29-27(33)20(2)30(19-17-21-10-5-4-6-11-21)25(32)16-9-18-31-24-15-8-13-22-12-7-14-23(26(22)24)28(31)34/h4-8,10-15,20H,3,9,16-19H2,1-2H3,(H,29,33)/t20-/m0/s1. The summed E-state index contributed by atoms with van der Waals surface area (Å²) >= 11 is 0. The Labute approximate surface area is 200 Å². The summed E-state index contributed by atoms with van der Waals surface area (Å²) in [5.74, 6) is -0.242. The van der Waals surface area contributed by atoms with E-state index in [9.17, 15) is 14.4 Å². The molecule has 3 aromatic rings. The van der Waals surface area contributed by atoms with Crippen LogP contribution in [0.4, 0.5) is 5.69 Å². The Balaban J connectivity index is 1.42. The number of nitrogens with one attached hydrogen (secondary N) is 1. The van der Waals surface area contributed by atoms with Gasteiger partial charge in [0.25, 0.3) is 5.91 Å². The highest BCUT2D eigenvalue weighted by atomic mass is 16.2. The molecule has 4 rings (SSSR count). The van der Waals surface area contributed by atoms with Crippen LogP contribution < -0.4 is 10.2 Å². The second-order valence-corrected chi connectivity index (χ2v) is 8.63. The van der Waals surface area contributed by atoms with Gasteiger partial charge in [-0.25, -0.2) is 0 Å². The molecule has 6 nitrogen and oxygen atoms in total. The molecule has 0 spiro atoms. The summed E-state index contributed by atoms with van der Waals surface area (Å²) in [6, 6.07) is 21.1. The lowest BCUT2D eigenvalue weighted by Crippen LogP contribution is -2.48. The predicted molar refractivity (Wildman–Crippen MR) is 135 cm³/mol. The van der Waals surface area contributed by atoms with Gasteiger partial charge in [-0.3, -0.25) is 14.4 Å². The lowest BCUT2D eigenvalue weighted by Gasteiger charge is -2.29. The summed E-state index contributed by atoms with van der Waals surface area (Å²) in [5, 5.41) is 4.85. The molecule has 0 unspecified atom stereocenters. The Hall–Kier alpha value is -3.67. The average Bonchev–Trinajstić information content (AvgIpc) is 3.13. The van der Waals surface area contributed by atoms with Crippen LogP contribution in [0.15, 0.2) is 66.7 Å². The molecule has 1 aliphatic heterocycles. The Kier molecular flexibility index (Phi) is 7.26. The number of carbonyl (C=O) groups is 3. The van der Waals surface area contributed by atoms with Crippen molar-refractivity contribution >= 4 is 34.2 Å². The first-order valence-corrected chi connectivity index (χ1v) is 12.0. The number of nitrogens with zero attached hydrogens (tertiary/aromatic N) is 2. The zero-order valence-electron chi connectivity index (χ0n) is 19.8. The van der Waals surface area contributed by atoms with Crippen molar-refractivity contribution in [2.75, 3.05) is 24.5 Å². The highest BCUT2D eigenvalue weighted by molar-refractivity contribution is 6.25. The van der Waals surface area contributed by atoms with Crippen molar-refractivity contribution in [1.82, 2.24) is 10.2 Å². The second-order valence-electron chi connectivity index (χ2n) is 8.63. The molecule has 6 heteroatoms. The zero-order valence-corrected chi connectivity index (χ0v) is 19.8. The summed E-state index contributed by atoms with van der Waals surface area (Å²) in [5.41, 5.74) is 2.74. The predicted octanol–water partition coefficient (Wildman–Crippen LogP) is 4.18. The van der Waals surface area contributed by atoms with E-state index >= 15 is 0 Å². The molecule has 176 valence electrons. The van der Waals surface area contributed by atoms with Gasteiger partial charge in [0, 0.05) is 37.0 Å². The first-order chi connectivity index (χ1) is 16.5. The molecule has 0 bridgehead atoms. The van der Waals surface area contributed by atoms with Crippen LogP contribution >= 0.6 is 0 Å². The topological polar surface area (TPSA) is 69.7 Å². The normalized spacial score (nSPS) is 13.2. The lowest BCUT2D eigenvalue weighted by molar-refractivity contribution is -0.139. The Morgan fingerprint density at radius 3 is 2.47 bits per heavy atom. The monoisotopic (exact) mass is 457 g/mol. The van der Waals surface area contributed by atoms with Crippen molar-refractivity contribution in [2.45, 2.75) is 39.2 Å². The molecular formula is C28H31N3O3. The summed E-state index contributed by atoms with van der Waals surface area (Å²) in [7, 11) is 0. The van der Waals surface area contributed by atoms with Gasteiger partial charge in [0.15, 0.2) is 0 Å². The smallest absolute Gasteiger partial charge is 0.258 e. The van der Waals surface area contributed by atoms with Gasteiger partial charge in [-0.1, -0.05) is 54.6 Å². The van der Waals surface area contributed by atoms with Crippen LogP contribution in [0, 0.1) is 0 Å². The van der Waals surface area contributed by atoms with Gasteiger partial charge in [0.1, 0.15) is 6.04 Å². The van der Waals surface area contributed by atoms with Crippen LogP contribution in [0.1, 0.15) is 42.6 Å². The quantitative estimate of drug-likeness (QED) is 0.497. The van der Waals surface area contributed by atoms with Crippen LogP contribution in [-0.4, -0.2) is 48.3 Å². The maximum absolute atomic E-state index is 13.2. The number of hydrogen-bond acceptors (Lipinski definition) is 3. The van der Waals surface area contributed by atoms with E-state index in [1.165, 1.54) is 0 Å². The van der Waals surface area contributed by atoms with Crippen molar-refractivity contribution in [3.63, 3.8) is 0 Å². The Bertz CT molecular complexity index is 1190. The van der Waals surface area contributed by atoms with Gasteiger partial charge in [0.2, 0.25) is 11.8 Å². The van der Waals surface area contributed by atoms with Crippen LogP contribution in [-0.2, 0) is 16.0 Å². The van der Waals surface area contributed by atoms with Gasteiger partial charge >= 0.3 is 0 Å². The third-order valence-corrected chi connectivity index (χ3v) is 6.42. The largest absolute Gasteiger partial charge is 0.355 e. The fraction of sp³-hybridized carbons (Fsp3) is 0.321. The second kappa shape index (κ2) is 10.5. The molecule has 34 heavy (non-hydrogen) atoms. The van der Waals surface area contributed by atoms with Gasteiger partial charge in [-0.05, 0) is 49.8 Å². The number of amides is 3. The first-order valence-electron chi connectivity index (χ1n) is 12.0. The summed E-state index contributed by atoms with van der Waals surface area (Å²) < 4.78 is 0. The highest BCUT2D eigenvalue weighted by Crippen LogP contribution is 2.37. The van der Waals surface area contributed by atoms with Crippen LogP contribution in [0.5, 0.6) is 0 Å². The Morgan fingerprint density at radius 1 is 1.00 bits per heavy atom. The molecule has 1 aliphatic rings. The van der Waals surface area contributed by atoms with E-state index in [0.29, 0.717) is 38.0 Å². The van der Waals surface area contributed by atoms with E-state index in [1.54, 1.807) is 16.7 Å². The van der Waals surface area contributed by atoms with Crippen molar-refractivity contribution in [3.8, 4) is 0 Å². The van der Waals surface area contributed by atoms with Crippen molar-refractivity contribution in [1.29, 1.82) is 0 Å². The fourth-order valence-corrected chi connectivity index (χ4v) is 4.63. The van der Waals surface area contributed by atoms with Gasteiger partial charge in [-0.15, -0.1) is 0 Å². The highest BCUT2D eigenvalue weighted by Gasteiger charge is 2.30. The van der Waals surface area contributed by atoms with E-state index in [2.05, 4.69) is 5.32 Å². The van der Waals surface area contributed by atoms with E-state index < -0.39 is 6.04 Å². The van der Waals surface area contributed by atoms with Crippen molar-refractivity contribution < 1.29 is 14.4 Å². The van der Waals surface area contributed by atoms with Crippen LogP contribution in [0.3, 0.4) is 0 Å². The minimum absolute atomic E-state index is 0.0177. The molecule has 0 radical (unpaired) electrons. The molecule has 1 N–H and O–H groups in total. The number of benzene rings is 3. The van der Waals surface area contributed by atoms with Crippen molar-refractivity contribution in [3.05, 3.63) is 77.9 Å². The minimum atomic E-state index is -0.553. The molecule has 0 saturated carbocycles. The zero-order chi connectivity index (χ0) is 24.1. The van der Waals surface area contributed by atoms with E-state index in [0.717, 1.165) is 22.0 Å². The molecule has 0 saturated heterocycles. The van der Waals surface area contributed by atoms with Gasteiger partial charge in [-0.2, -0.15) is 0 Å². The molecule has 0 aliphatic carbocycles. The first kappa shape index (κ1) is 23.5. The molecule has 0 aromatic heterocycles. The third kappa shape index (κ3) is 4.81. The lowest BCUT2D eigenvalue weighted by atomic mass is 10.1. The number of rotatable bonds is 10. The number of likely N-dealkylation sites (N-methyl/N-ethyl adjacent to an activating group) is 1. The van der Waals surface area contributed by atoms with E-state index in [1.807, 2.05) is 73.7 Å². The number of anilines is 1. The molecule has 1 heterocycles. The molecule has 3 aromatic carbocycles. The van der Waals surface area contributed by atoms with Gasteiger partial charge < -0.3 is 15.1 Å². The van der Waals surface area contributed by atoms with Gasteiger partial charge in [0.05, 0.1) is 5.69 Å². The van der Waals surface area contributed by atoms with Crippen LogP contribution in [0.25, 0.3) is 10.8 Å². The maximum atomic E-state index is 13.2. The number of hydrogen-bond donors (Lipinski definition) is 1. The summed E-state index contributed by atoms with van der Waals surface area (Å²) in [4.78, 5) is 42.2. The molecular weight excluding hydrogens is 426 g/mol. The minimum Gasteiger partial charge on any atom is -0.355 e. The summed E-state index contributed by atoms with van der Waals surface area (Å²) in [6.07, 6.45) is 1.48. The fourth-order valence-electron chi connectivity index (χ4n) is 4.63. The molecule has 0 fully saturated rings. The van der Waals surface area contributed by atoms with E-state index in [-0.39, 0.29) is 24.1 Å². The average molecular weight is 458 g/mol. The molecule has 1 atom stereocenters. The van der Waals surface area contributed by atoms with Crippen LogP contribution in [0.2, 0.25) is 0 Å².